The van der Waals surface area contributed by atoms with Gasteiger partial charge in [-0.2, -0.15) is 0 Å². The van der Waals surface area contributed by atoms with E-state index in [1.165, 1.54) is 25.7 Å². The van der Waals surface area contributed by atoms with Gasteiger partial charge < -0.3 is 14.8 Å². The third-order valence-electron chi connectivity index (χ3n) is 5.95. The first-order chi connectivity index (χ1) is 14.7. The molecule has 0 saturated heterocycles. The smallest absolute Gasteiger partial charge is 0.200 e. The molecule has 0 saturated carbocycles. The van der Waals surface area contributed by atoms with E-state index in [1.54, 1.807) is 14.2 Å². The molecule has 0 aliphatic rings. The molecule has 31 heavy (non-hydrogen) atoms. The van der Waals surface area contributed by atoms with Crippen LogP contribution < -0.4 is 5.32 Å². The molecule has 0 radical (unpaired) electrons. The third-order valence-corrected chi connectivity index (χ3v) is 5.95. The van der Waals surface area contributed by atoms with Gasteiger partial charge in [0.05, 0.1) is 0 Å². The molecule has 1 aromatic rings. The van der Waals surface area contributed by atoms with Gasteiger partial charge in [-0.05, 0) is 26.2 Å². The Morgan fingerprint density at radius 3 is 1.68 bits per heavy atom. The lowest BCUT2D eigenvalue weighted by Gasteiger charge is -2.35. The number of hydrogen-bond acceptors (Lipinski definition) is 3. The zero-order valence-electron chi connectivity index (χ0n) is 19.1. The van der Waals surface area contributed by atoms with Crippen LogP contribution >= 0.6 is 0 Å². The Kier molecular flexibility index (Phi) is 12.4. The third kappa shape index (κ3) is 7.90. The van der Waals surface area contributed by atoms with Gasteiger partial charge in [-0.15, -0.1) is 0 Å². The first-order valence-corrected chi connectivity index (χ1v) is 11.1. The standard InChI is InChI=1S/C23H36F5NO2/c1-5-6-7-8-9-10-13-16(23(2,30-3)31-4)14-11-12-15-29-22-20(27)18(25)17(24)19(26)21(22)28/h16,29H,5-15H2,1-4H3. The number of hydrogen-bond donors (Lipinski definition) is 1. The molecule has 0 aliphatic heterocycles. The van der Waals surface area contributed by atoms with Crippen LogP contribution in [0.15, 0.2) is 0 Å². The second-order valence-corrected chi connectivity index (χ2v) is 8.05. The highest BCUT2D eigenvalue weighted by Gasteiger charge is 2.33. The van der Waals surface area contributed by atoms with Crippen molar-refractivity contribution in [3.63, 3.8) is 0 Å². The molecule has 0 spiro atoms. The van der Waals surface area contributed by atoms with Gasteiger partial charge in [0.1, 0.15) is 5.69 Å². The lowest BCUT2D eigenvalue weighted by atomic mass is 9.88. The van der Waals surface area contributed by atoms with Gasteiger partial charge >= 0.3 is 0 Å². The van der Waals surface area contributed by atoms with Crippen LogP contribution in [0.25, 0.3) is 0 Å². The first-order valence-electron chi connectivity index (χ1n) is 11.1. The number of unbranched alkanes of at least 4 members (excludes halogenated alkanes) is 6. The fraction of sp³-hybridized carbons (Fsp3) is 0.739. The summed E-state index contributed by atoms with van der Waals surface area (Å²) in [5, 5.41) is 2.34. The van der Waals surface area contributed by atoms with Gasteiger partial charge in [0.2, 0.25) is 5.82 Å². The van der Waals surface area contributed by atoms with E-state index in [2.05, 4.69) is 12.2 Å². The quantitative estimate of drug-likeness (QED) is 0.0934. The summed E-state index contributed by atoms with van der Waals surface area (Å²) >= 11 is 0. The Morgan fingerprint density at radius 2 is 1.16 bits per heavy atom. The minimum Gasteiger partial charge on any atom is -0.380 e. The Morgan fingerprint density at radius 1 is 0.710 bits per heavy atom. The monoisotopic (exact) mass is 453 g/mol. The fourth-order valence-corrected chi connectivity index (χ4v) is 3.75. The van der Waals surface area contributed by atoms with E-state index in [1.807, 2.05) is 6.92 Å². The van der Waals surface area contributed by atoms with E-state index in [0.717, 1.165) is 25.7 Å². The van der Waals surface area contributed by atoms with Crippen LogP contribution in [0, 0.1) is 35.0 Å². The SMILES string of the molecule is CCCCCCCCC(CCCCNc1c(F)c(F)c(F)c(F)c1F)C(C)(OC)OC. The molecular weight excluding hydrogens is 417 g/mol. The zero-order valence-corrected chi connectivity index (χ0v) is 19.1. The Bertz CT molecular complexity index is 639. The first kappa shape index (κ1) is 27.6. The lowest BCUT2D eigenvalue weighted by Crippen LogP contribution is -2.39. The Balaban J connectivity index is 2.56. The van der Waals surface area contributed by atoms with Crippen LogP contribution in [0.1, 0.15) is 78.1 Å². The second-order valence-electron chi connectivity index (χ2n) is 8.05. The number of methoxy groups -OCH3 is 2. The highest BCUT2D eigenvalue weighted by molar-refractivity contribution is 5.47. The van der Waals surface area contributed by atoms with E-state index in [9.17, 15) is 22.0 Å². The van der Waals surface area contributed by atoms with Crippen LogP contribution in [0.3, 0.4) is 0 Å². The van der Waals surface area contributed by atoms with Crippen LogP contribution in [0.5, 0.6) is 0 Å². The Labute approximate surface area is 182 Å². The Hall–Kier alpha value is -1.41. The predicted molar refractivity (Wildman–Crippen MR) is 112 cm³/mol. The van der Waals surface area contributed by atoms with E-state index in [0.29, 0.717) is 12.8 Å². The van der Waals surface area contributed by atoms with Gasteiger partial charge in [-0.25, -0.2) is 22.0 Å². The maximum Gasteiger partial charge on any atom is 0.200 e. The molecule has 1 rings (SSSR count). The van der Waals surface area contributed by atoms with Crippen molar-refractivity contribution in [3.8, 4) is 0 Å². The fourth-order valence-electron chi connectivity index (χ4n) is 3.75. The normalized spacial score (nSPS) is 12.9. The van der Waals surface area contributed by atoms with Gasteiger partial charge in [0.25, 0.3) is 0 Å². The molecule has 8 heteroatoms. The van der Waals surface area contributed by atoms with Crippen LogP contribution in [-0.2, 0) is 9.47 Å². The average molecular weight is 454 g/mol. The van der Waals surface area contributed by atoms with Crippen molar-refractivity contribution in [1.82, 2.24) is 0 Å². The van der Waals surface area contributed by atoms with Crippen molar-refractivity contribution in [3.05, 3.63) is 29.1 Å². The summed E-state index contributed by atoms with van der Waals surface area (Å²) in [5.41, 5.74) is -0.987. The number of halogens is 5. The maximum absolute atomic E-state index is 13.7. The molecule has 0 bridgehead atoms. The van der Waals surface area contributed by atoms with Crippen LogP contribution in [0.4, 0.5) is 27.6 Å². The highest BCUT2D eigenvalue weighted by atomic mass is 19.2. The second kappa shape index (κ2) is 13.9. The summed E-state index contributed by atoms with van der Waals surface area (Å²) in [6.45, 7) is 4.15. The molecule has 1 atom stereocenters. The van der Waals surface area contributed by atoms with Crippen molar-refractivity contribution in [2.45, 2.75) is 83.8 Å². The molecule has 0 amide bonds. The van der Waals surface area contributed by atoms with Crippen molar-refractivity contribution in [2.75, 3.05) is 26.1 Å². The van der Waals surface area contributed by atoms with E-state index >= 15 is 0 Å². The van der Waals surface area contributed by atoms with Crippen LogP contribution in [0.2, 0.25) is 0 Å². The topological polar surface area (TPSA) is 30.5 Å². The van der Waals surface area contributed by atoms with Gasteiger partial charge in [0.15, 0.2) is 29.1 Å². The summed E-state index contributed by atoms with van der Waals surface area (Å²) < 4.78 is 78.3. The number of rotatable bonds is 16. The molecule has 1 aromatic carbocycles. The average Bonchev–Trinajstić information content (AvgIpc) is 2.78. The summed E-state index contributed by atoms with van der Waals surface area (Å²) in [6, 6.07) is 0. The molecule has 0 heterocycles. The van der Waals surface area contributed by atoms with E-state index in [4.69, 9.17) is 9.47 Å². The van der Waals surface area contributed by atoms with Gasteiger partial charge in [0, 0.05) is 26.7 Å². The lowest BCUT2D eigenvalue weighted by molar-refractivity contribution is -0.230. The molecule has 0 aromatic heterocycles. The minimum absolute atomic E-state index is 0.0821. The predicted octanol–water partition coefficient (Wildman–Crippen LogP) is 7.34. The van der Waals surface area contributed by atoms with Gasteiger partial charge in [-0.3, -0.25) is 0 Å². The highest BCUT2D eigenvalue weighted by Crippen LogP contribution is 2.32. The molecule has 1 N–H and O–H groups in total. The zero-order chi connectivity index (χ0) is 23.4. The minimum atomic E-state index is -2.16. The van der Waals surface area contributed by atoms with Gasteiger partial charge in [-0.1, -0.05) is 51.9 Å². The summed E-state index contributed by atoms with van der Waals surface area (Å²) in [5.74, 6) is -10.3. The summed E-state index contributed by atoms with van der Waals surface area (Å²) in [7, 11) is 3.20. The largest absolute Gasteiger partial charge is 0.380 e. The molecular formula is C23H36F5NO2. The maximum atomic E-state index is 13.7. The molecule has 1 unspecified atom stereocenters. The van der Waals surface area contributed by atoms with Crippen LogP contribution in [-0.4, -0.2) is 26.6 Å². The molecule has 0 aliphatic carbocycles. The van der Waals surface area contributed by atoms with Crippen molar-refractivity contribution >= 4 is 5.69 Å². The van der Waals surface area contributed by atoms with E-state index in [-0.39, 0.29) is 12.5 Å². The number of nitrogens with one attached hydrogen (secondary N) is 1. The number of anilines is 1. The number of ether oxygens (including phenoxy) is 2. The summed E-state index contributed by atoms with van der Waals surface area (Å²) in [4.78, 5) is 0. The van der Waals surface area contributed by atoms with Crippen molar-refractivity contribution in [1.29, 1.82) is 0 Å². The molecule has 180 valence electrons. The molecule has 0 fully saturated rings. The van der Waals surface area contributed by atoms with Crippen molar-refractivity contribution < 1.29 is 31.4 Å². The summed E-state index contributed by atoms with van der Waals surface area (Å²) in [6.07, 6.45) is 9.93. The van der Waals surface area contributed by atoms with E-state index < -0.39 is 40.6 Å². The van der Waals surface area contributed by atoms with Crippen molar-refractivity contribution in [2.24, 2.45) is 5.92 Å². The molecule has 3 nitrogen and oxygen atoms in total. The number of benzene rings is 1.